The van der Waals surface area contributed by atoms with Gasteiger partial charge >= 0.3 is 0 Å². The van der Waals surface area contributed by atoms with Crippen LogP contribution in [0.5, 0.6) is 0 Å². The van der Waals surface area contributed by atoms with Crippen LogP contribution < -0.4 is 9.62 Å². The van der Waals surface area contributed by atoms with Crippen molar-refractivity contribution in [3.63, 3.8) is 0 Å². The van der Waals surface area contributed by atoms with Crippen molar-refractivity contribution in [1.82, 2.24) is 9.62 Å². The van der Waals surface area contributed by atoms with Crippen LogP contribution >= 0.6 is 22.6 Å². The molecular formula is C19H26ClN3O2S. The molecule has 0 bridgehead atoms. The molecule has 0 saturated carbocycles. The third kappa shape index (κ3) is 3.86. The number of aryl methyl sites for hydroxylation is 1. The van der Waals surface area contributed by atoms with Gasteiger partial charge in [-0.3, -0.25) is 9.11 Å². The van der Waals surface area contributed by atoms with Crippen molar-refractivity contribution < 1.29 is 9.11 Å². The van der Waals surface area contributed by atoms with Gasteiger partial charge in [-0.25, -0.2) is 4.31 Å². The Morgan fingerprint density at radius 2 is 1.88 bits per heavy atom. The zero-order valence-corrected chi connectivity index (χ0v) is 16.7. The Bertz CT molecular complexity index is 772. The Morgan fingerprint density at radius 3 is 2.62 bits per heavy atom. The summed E-state index contributed by atoms with van der Waals surface area (Å²) in [6.45, 7) is 4.08. The summed E-state index contributed by atoms with van der Waals surface area (Å²) in [4.78, 5) is 0. The van der Waals surface area contributed by atoms with Crippen LogP contribution in [0.15, 0.2) is 42.5 Å². The summed E-state index contributed by atoms with van der Waals surface area (Å²) >= 11 is 6.40. The van der Waals surface area contributed by atoms with E-state index in [1.807, 2.05) is 44.3 Å². The zero-order chi connectivity index (χ0) is 18.7. The van der Waals surface area contributed by atoms with E-state index in [4.69, 9.17) is 11.6 Å². The summed E-state index contributed by atoms with van der Waals surface area (Å²) in [5, 5.41) is 3.62. The van der Waals surface area contributed by atoms with E-state index in [9.17, 15) is 9.11 Å². The van der Waals surface area contributed by atoms with Crippen molar-refractivity contribution in [2.75, 3.05) is 24.4 Å². The fraction of sp³-hybridized carbons (Fsp3) is 0.368. The predicted octanol–water partition coefficient (Wildman–Crippen LogP) is 5.18. The van der Waals surface area contributed by atoms with Gasteiger partial charge in [0.05, 0.1) is 16.4 Å². The van der Waals surface area contributed by atoms with Crippen LogP contribution in [0.1, 0.15) is 24.0 Å². The van der Waals surface area contributed by atoms with E-state index in [0.29, 0.717) is 23.8 Å². The molecule has 0 radical (unpaired) electrons. The van der Waals surface area contributed by atoms with E-state index in [1.54, 1.807) is 14.7 Å². The van der Waals surface area contributed by atoms with Crippen LogP contribution in [0.4, 0.5) is 11.4 Å². The number of halogens is 1. The lowest BCUT2D eigenvalue weighted by atomic mass is 10.1. The molecule has 1 heterocycles. The average molecular weight is 396 g/mol. The Labute approximate surface area is 162 Å². The maximum absolute atomic E-state index is 11.2. The van der Waals surface area contributed by atoms with E-state index in [-0.39, 0.29) is 0 Å². The fourth-order valence-corrected chi connectivity index (χ4v) is 5.29. The Morgan fingerprint density at radius 1 is 1.12 bits per heavy atom. The minimum absolute atomic E-state index is 0.496. The number of nitrogens with zero attached hydrogens (tertiary/aromatic N) is 2. The number of para-hydroxylation sites is 1. The second kappa shape index (κ2) is 8.17. The molecule has 26 heavy (non-hydrogen) atoms. The standard InChI is InChI=1S/C19H26ClN3O2S/c1-15-9-10-18-16(13-15)14-22(12-6-5-11-21-2)26(24,25)23(18)19-8-4-3-7-17(19)20/h3-4,7-10,13,21,24-25H,5-6,11-12,14H2,1-2H3. The van der Waals surface area contributed by atoms with Gasteiger partial charge in [0.15, 0.2) is 0 Å². The second-order valence-corrected chi connectivity index (χ2v) is 8.81. The average Bonchev–Trinajstić information content (AvgIpc) is 2.60. The smallest absolute Gasteiger partial charge is 0.0827 e. The first-order chi connectivity index (χ1) is 12.4. The first-order valence-electron chi connectivity index (χ1n) is 8.77. The second-order valence-electron chi connectivity index (χ2n) is 6.54. The van der Waals surface area contributed by atoms with E-state index in [2.05, 4.69) is 11.4 Å². The van der Waals surface area contributed by atoms with Crippen molar-refractivity contribution in [3.8, 4) is 0 Å². The number of fused-ring (bicyclic) bond motifs is 1. The third-order valence-corrected chi connectivity index (χ3v) is 6.75. The van der Waals surface area contributed by atoms with Crippen LogP contribution in [-0.4, -0.2) is 33.5 Å². The maximum Gasteiger partial charge on any atom is 0.0827 e. The molecule has 2 aromatic carbocycles. The lowest BCUT2D eigenvalue weighted by Gasteiger charge is -2.54. The van der Waals surface area contributed by atoms with Gasteiger partial charge < -0.3 is 5.32 Å². The molecule has 0 spiro atoms. The summed E-state index contributed by atoms with van der Waals surface area (Å²) < 4.78 is 25.7. The Hall–Kier alpha value is -1.28. The molecule has 0 atom stereocenters. The number of rotatable bonds is 6. The fourth-order valence-electron chi connectivity index (χ4n) is 3.23. The third-order valence-electron chi connectivity index (χ3n) is 4.55. The highest BCUT2D eigenvalue weighted by Gasteiger charge is 2.38. The summed E-state index contributed by atoms with van der Waals surface area (Å²) in [6, 6.07) is 13.3. The van der Waals surface area contributed by atoms with E-state index in [1.165, 1.54) is 0 Å². The molecule has 0 unspecified atom stereocenters. The number of nitrogens with one attached hydrogen (secondary N) is 1. The van der Waals surface area contributed by atoms with Crippen LogP contribution in [0.2, 0.25) is 5.02 Å². The predicted molar refractivity (Wildman–Crippen MR) is 111 cm³/mol. The van der Waals surface area contributed by atoms with Crippen molar-refractivity contribution in [2.24, 2.45) is 0 Å². The number of hydrogen-bond donors (Lipinski definition) is 3. The first-order valence-corrected chi connectivity index (χ1v) is 10.6. The highest BCUT2D eigenvalue weighted by Crippen LogP contribution is 2.59. The molecule has 2 aromatic rings. The molecule has 0 saturated heterocycles. The van der Waals surface area contributed by atoms with Crippen LogP contribution in [0.25, 0.3) is 0 Å². The van der Waals surface area contributed by atoms with Gasteiger partial charge in [-0.1, -0.05) is 41.4 Å². The quantitative estimate of drug-likeness (QED) is 0.588. The Balaban J connectivity index is 2.01. The largest absolute Gasteiger partial charge is 0.320 e. The summed E-state index contributed by atoms with van der Waals surface area (Å²) in [5.74, 6) is 0. The number of anilines is 2. The molecule has 0 fully saturated rings. The SMILES string of the molecule is CNCCCCN1Cc2cc(C)ccc2N(c2ccccc2Cl)S1(O)O. The van der Waals surface area contributed by atoms with Gasteiger partial charge in [0.1, 0.15) is 0 Å². The molecule has 7 heteroatoms. The van der Waals surface area contributed by atoms with Crippen LogP contribution in [-0.2, 0) is 6.54 Å². The van der Waals surface area contributed by atoms with Gasteiger partial charge in [-0.15, -0.1) is 0 Å². The Kier molecular flexibility index (Phi) is 6.12. The van der Waals surface area contributed by atoms with Gasteiger partial charge in [0.2, 0.25) is 0 Å². The van der Waals surface area contributed by atoms with Gasteiger partial charge in [-0.2, -0.15) is 4.31 Å². The van der Waals surface area contributed by atoms with Crippen molar-refractivity contribution >= 4 is 33.9 Å². The van der Waals surface area contributed by atoms with Gasteiger partial charge in [-0.05, 0) is 68.1 Å². The van der Waals surface area contributed by atoms with E-state index < -0.39 is 11.0 Å². The molecule has 1 aliphatic heterocycles. The highest BCUT2D eigenvalue weighted by molar-refractivity contribution is 8.23. The molecule has 0 aliphatic carbocycles. The molecule has 3 rings (SSSR count). The monoisotopic (exact) mass is 395 g/mol. The molecule has 5 nitrogen and oxygen atoms in total. The number of hydrogen-bond acceptors (Lipinski definition) is 5. The zero-order valence-electron chi connectivity index (χ0n) is 15.2. The number of unbranched alkanes of at least 4 members (excludes halogenated alkanes) is 1. The molecule has 142 valence electrons. The molecule has 1 aliphatic rings. The topological polar surface area (TPSA) is 59.0 Å². The summed E-state index contributed by atoms with van der Waals surface area (Å²) in [6.07, 6.45) is 1.86. The highest BCUT2D eigenvalue weighted by atomic mass is 35.5. The molecule has 3 N–H and O–H groups in total. The van der Waals surface area contributed by atoms with Gasteiger partial charge in [0.25, 0.3) is 0 Å². The van der Waals surface area contributed by atoms with E-state index in [0.717, 1.165) is 36.2 Å². The normalized spacial score (nSPS) is 17.8. The maximum atomic E-state index is 11.2. The van der Waals surface area contributed by atoms with Crippen molar-refractivity contribution in [3.05, 3.63) is 58.6 Å². The lowest BCUT2D eigenvalue weighted by molar-refractivity contribution is 0.330. The number of benzene rings is 2. The first kappa shape index (κ1) is 19.5. The van der Waals surface area contributed by atoms with Crippen molar-refractivity contribution in [1.29, 1.82) is 0 Å². The lowest BCUT2D eigenvalue weighted by Crippen LogP contribution is -2.42. The van der Waals surface area contributed by atoms with E-state index >= 15 is 0 Å². The molecular weight excluding hydrogens is 370 g/mol. The van der Waals surface area contributed by atoms with Gasteiger partial charge in [0, 0.05) is 13.1 Å². The summed E-state index contributed by atoms with van der Waals surface area (Å²) in [5.41, 5.74) is 3.63. The summed E-state index contributed by atoms with van der Waals surface area (Å²) in [7, 11) is -1.27. The minimum atomic E-state index is -3.19. The van der Waals surface area contributed by atoms with Crippen molar-refractivity contribution in [2.45, 2.75) is 26.3 Å². The minimum Gasteiger partial charge on any atom is -0.320 e. The van der Waals surface area contributed by atoms with Crippen LogP contribution in [0, 0.1) is 6.92 Å². The van der Waals surface area contributed by atoms with Crippen LogP contribution in [0.3, 0.4) is 0 Å². The molecule has 0 amide bonds. The molecule has 0 aromatic heterocycles.